The van der Waals surface area contributed by atoms with Gasteiger partial charge in [0.2, 0.25) is 0 Å². The van der Waals surface area contributed by atoms with Crippen molar-refractivity contribution in [1.82, 2.24) is 4.90 Å². The summed E-state index contributed by atoms with van der Waals surface area (Å²) in [6.45, 7) is 14.9. The summed E-state index contributed by atoms with van der Waals surface area (Å²) in [5, 5.41) is 3.57. The molecule has 1 N–H and O–H groups in total. The van der Waals surface area contributed by atoms with Crippen molar-refractivity contribution in [3.8, 4) is 0 Å². The number of nitrogens with one attached hydrogen (secondary N) is 1. The molecule has 1 aromatic carbocycles. The van der Waals surface area contributed by atoms with Crippen LogP contribution in [-0.2, 0) is 10.2 Å². The Hall–Kier alpha value is -1.97. The van der Waals surface area contributed by atoms with E-state index in [2.05, 4.69) is 43.9 Å². The first kappa shape index (κ1) is 16.9. The summed E-state index contributed by atoms with van der Waals surface area (Å²) >= 11 is 0. The molecule has 0 aliphatic carbocycles. The minimum absolute atomic E-state index is 0.113. The Morgan fingerprint density at radius 3 is 2.62 bits per heavy atom. The number of ether oxygens (including phenoxy) is 1. The van der Waals surface area contributed by atoms with E-state index in [0.29, 0.717) is 6.54 Å². The lowest BCUT2D eigenvalue weighted by molar-refractivity contribution is 0.0201. The molecule has 4 nitrogen and oxygen atoms in total. The number of benzene rings is 1. The summed E-state index contributed by atoms with van der Waals surface area (Å²) in [6, 6.07) is 8.35. The minimum Gasteiger partial charge on any atom is -0.444 e. The van der Waals surface area contributed by atoms with Gasteiger partial charge < -0.3 is 10.1 Å². The Morgan fingerprint density at radius 2 is 2.00 bits per heavy atom. The molecular formula is C20H28N2O2. The Balaban J connectivity index is 2.04. The van der Waals surface area contributed by atoms with Gasteiger partial charge in [0.15, 0.2) is 0 Å². The first-order chi connectivity index (χ1) is 11.1. The number of carbonyl (C=O) groups excluding carboxylic acids is 1. The van der Waals surface area contributed by atoms with Gasteiger partial charge in [-0.05, 0) is 44.2 Å². The lowest BCUT2D eigenvalue weighted by Crippen LogP contribution is -2.52. The summed E-state index contributed by atoms with van der Waals surface area (Å²) in [7, 11) is 0. The third-order valence-electron chi connectivity index (χ3n) is 5.51. The van der Waals surface area contributed by atoms with E-state index in [0.717, 1.165) is 12.1 Å². The number of carbonyl (C=O) groups is 1. The molecule has 0 saturated carbocycles. The maximum Gasteiger partial charge on any atom is 0.411 e. The summed E-state index contributed by atoms with van der Waals surface area (Å²) in [5.74, 6) is 0. The summed E-state index contributed by atoms with van der Waals surface area (Å²) in [4.78, 5) is 14.6. The number of hydrogen-bond donors (Lipinski definition) is 1. The molecule has 2 atom stereocenters. The minimum atomic E-state index is -0.498. The van der Waals surface area contributed by atoms with Crippen LogP contribution in [0.1, 0.15) is 46.6 Å². The predicted octanol–water partition coefficient (Wildman–Crippen LogP) is 4.53. The monoisotopic (exact) mass is 328 g/mol. The zero-order valence-corrected chi connectivity index (χ0v) is 15.3. The van der Waals surface area contributed by atoms with Crippen molar-refractivity contribution in [2.75, 3.05) is 11.9 Å². The summed E-state index contributed by atoms with van der Waals surface area (Å²) in [5.41, 5.74) is 1.52. The number of para-hydroxylation sites is 1. The third kappa shape index (κ3) is 2.31. The topological polar surface area (TPSA) is 41.6 Å². The number of hydrogen-bond acceptors (Lipinski definition) is 3. The van der Waals surface area contributed by atoms with E-state index in [1.54, 1.807) is 0 Å². The zero-order chi connectivity index (χ0) is 17.8. The Morgan fingerprint density at radius 1 is 1.33 bits per heavy atom. The normalized spacial score (nSPS) is 25.7. The van der Waals surface area contributed by atoms with Gasteiger partial charge in [0.1, 0.15) is 11.8 Å². The molecule has 1 saturated heterocycles. The Kier molecular flexibility index (Phi) is 3.70. The molecule has 0 bridgehead atoms. The van der Waals surface area contributed by atoms with Gasteiger partial charge in [-0.15, -0.1) is 6.58 Å². The molecule has 2 aliphatic heterocycles. The number of rotatable bonds is 2. The molecule has 1 aromatic rings. The number of likely N-dealkylation sites (tertiary alicyclic amines) is 1. The number of anilines is 1. The van der Waals surface area contributed by atoms with Crippen LogP contribution in [0.4, 0.5) is 10.5 Å². The molecule has 4 heteroatoms. The molecular weight excluding hydrogens is 300 g/mol. The fourth-order valence-electron chi connectivity index (χ4n) is 4.18. The predicted molar refractivity (Wildman–Crippen MR) is 97.1 cm³/mol. The van der Waals surface area contributed by atoms with E-state index < -0.39 is 5.60 Å². The van der Waals surface area contributed by atoms with Gasteiger partial charge in [-0.1, -0.05) is 38.1 Å². The van der Waals surface area contributed by atoms with Crippen LogP contribution in [0.5, 0.6) is 0 Å². The lowest BCUT2D eigenvalue weighted by Gasteiger charge is -2.43. The Labute approximate surface area is 144 Å². The van der Waals surface area contributed by atoms with Gasteiger partial charge in [-0.2, -0.15) is 0 Å². The second-order valence-electron chi connectivity index (χ2n) is 8.41. The molecule has 0 spiro atoms. The fraction of sp³-hybridized carbons (Fsp3) is 0.550. The van der Waals surface area contributed by atoms with Gasteiger partial charge in [0, 0.05) is 17.6 Å². The Bertz CT molecular complexity index is 674. The zero-order valence-electron chi connectivity index (χ0n) is 15.3. The van der Waals surface area contributed by atoms with Crippen LogP contribution in [0.15, 0.2) is 36.9 Å². The highest BCUT2D eigenvalue weighted by molar-refractivity contribution is 5.74. The van der Waals surface area contributed by atoms with Crippen molar-refractivity contribution >= 4 is 11.8 Å². The van der Waals surface area contributed by atoms with Crippen LogP contribution in [0.2, 0.25) is 0 Å². The van der Waals surface area contributed by atoms with E-state index in [9.17, 15) is 4.79 Å². The van der Waals surface area contributed by atoms with Crippen LogP contribution < -0.4 is 5.32 Å². The number of amides is 1. The van der Waals surface area contributed by atoms with Crippen LogP contribution in [0, 0.1) is 5.41 Å². The van der Waals surface area contributed by atoms with Crippen molar-refractivity contribution in [3.05, 3.63) is 42.5 Å². The number of allylic oxidation sites excluding steroid dienone is 1. The van der Waals surface area contributed by atoms with Crippen LogP contribution >= 0.6 is 0 Å². The van der Waals surface area contributed by atoms with E-state index in [4.69, 9.17) is 4.74 Å². The van der Waals surface area contributed by atoms with Crippen molar-refractivity contribution in [2.24, 2.45) is 5.41 Å². The van der Waals surface area contributed by atoms with Crippen molar-refractivity contribution < 1.29 is 9.53 Å². The highest BCUT2D eigenvalue weighted by atomic mass is 16.6. The van der Waals surface area contributed by atoms with E-state index >= 15 is 0 Å². The lowest BCUT2D eigenvalue weighted by atomic mass is 9.61. The standard InChI is InChI=1S/C20H28N2O2/c1-7-19(5,6)20-12-13-22(17(23)24-18(2,3)4)16(20)21-15-11-9-8-10-14(15)20/h7-11,16,21H,1,12-13H2,2-6H3/t16-,20+/m0/s1. The van der Waals surface area contributed by atoms with Gasteiger partial charge in [-0.3, -0.25) is 4.90 Å². The van der Waals surface area contributed by atoms with E-state index in [-0.39, 0.29) is 23.1 Å². The molecule has 0 aromatic heterocycles. The van der Waals surface area contributed by atoms with Crippen LogP contribution in [0.25, 0.3) is 0 Å². The molecule has 2 aliphatic rings. The van der Waals surface area contributed by atoms with Crippen molar-refractivity contribution in [2.45, 2.75) is 58.2 Å². The first-order valence-electron chi connectivity index (χ1n) is 8.62. The molecule has 24 heavy (non-hydrogen) atoms. The molecule has 1 amide bonds. The average molecular weight is 328 g/mol. The van der Waals surface area contributed by atoms with Gasteiger partial charge >= 0.3 is 6.09 Å². The molecule has 0 radical (unpaired) electrons. The number of nitrogens with zero attached hydrogens (tertiary/aromatic N) is 1. The summed E-state index contributed by atoms with van der Waals surface area (Å²) in [6.07, 6.45) is 2.54. The second kappa shape index (κ2) is 5.27. The van der Waals surface area contributed by atoms with Crippen molar-refractivity contribution in [3.63, 3.8) is 0 Å². The maximum absolute atomic E-state index is 12.8. The van der Waals surface area contributed by atoms with Gasteiger partial charge in [-0.25, -0.2) is 4.79 Å². The smallest absolute Gasteiger partial charge is 0.411 e. The molecule has 2 heterocycles. The van der Waals surface area contributed by atoms with E-state index in [1.807, 2.05) is 37.8 Å². The molecule has 1 fully saturated rings. The SMILES string of the molecule is C=CC(C)(C)[C@@]12CCN(C(=O)OC(C)(C)C)[C@@H]1Nc1ccccc12. The first-order valence-corrected chi connectivity index (χ1v) is 8.62. The van der Waals surface area contributed by atoms with Gasteiger partial charge in [0.25, 0.3) is 0 Å². The molecule has 3 rings (SSSR count). The maximum atomic E-state index is 12.8. The highest BCUT2D eigenvalue weighted by Crippen LogP contribution is 2.58. The molecule has 0 unspecified atom stereocenters. The second-order valence-corrected chi connectivity index (χ2v) is 8.41. The summed E-state index contributed by atoms with van der Waals surface area (Å²) < 4.78 is 5.64. The average Bonchev–Trinajstić information content (AvgIpc) is 3.00. The third-order valence-corrected chi connectivity index (χ3v) is 5.51. The molecule has 130 valence electrons. The number of fused-ring (bicyclic) bond motifs is 3. The van der Waals surface area contributed by atoms with Gasteiger partial charge in [0.05, 0.1) is 0 Å². The van der Waals surface area contributed by atoms with Crippen molar-refractivity contribution in [1.29, 1.82) is 0 Å². The quantitative estimate of drug-likeness (QED) is 0.811. The largest absolute Gasteiger partial charge is 0.444 e. The van der Waals surface area contributed by atoms with Crippen LogP contribution in [-0.4, -0.2) is 29.3 Å². The highest BCUT2D eigenvalue weighted by Gasteiger charge is 2.61. The van der Waals surface area contributed by atoms with Crippen LogP contribution in [0.3, 0.4) is 0 Å². The fourth-order valence-corrected chi connectivity index (χ4v) is 4.18. The van der Waals surface area contributed by atoms with E-state index in [1.165, 1.54) is 5.56 Å².